The molecule has 8 heteroatoms. The van der Waals surface area contributed by atoms with Crippen LogP contribution in [0.1, 0.15) is 5.56 Å². The third kappa shape index (κ3) is 3.10. The Hall–Kier alpha value is -1.75. The van der Waals surface area contributed by atoms with E-state index in [0.29, 0.717) is 11.8 Å². The van der Waals surface area contributed by atoms with Crippen molar-refractivity contribution in [3.8, 4) is 6.07 Å². The van der Waals surface area contributed by atoms with Gasteiger partial charge in [0, 0.05) is 6.07 Å². The zero-order valence-corrected chi connectivity index (χ0v) is 9.01. The summed E-state index contributed by atoms with van der Waals surface area (Å²) in [7, 11) is 0. The van der Waals surface area contributed by atoms with Crippen LogP contribution < -0.4 is 0 Å². The number of thioether (sulfide) groups is 1. The topological polar surface area (TPSA) is 66.9 Å². The van der Waals surface area contributed by atoms with Gasteiger partial charge in [-0.15, -0.1) is 11.8 Å². The second kappa shape index (κ2) is 5.05. The number of rotatable bonds is 3. The molecule has 4 nitrogen and oxygen atoms in total. The highest BCUT2D eigenvalue weighted by molar-refractivity contribution is 7.99. The van der Waals surface area contributed by atoms with E-state index >= 15 is 0 Å². The zero-order chi connectivity index (χ0) is 13.1. The number of nitro groups is 1. The number of alkyl halides is 3. The molecule has 0 saturated heterocycles. The highest BCUT2D eigenvalue weighted by Gasteiger charge is 2.36. The molecule has 17 heavy (non-hydrogen) atoms. The summed E-state index contributed by atoms with van der Waals surface area (Å²) in [6, 6.07) is 4.34. The van der Waals surface area contributed by atoms with Gasteiger partial charge in [0.15, 0.2) is 0 Å². The highest BCUT2D eigenvalue weighted by atomic mass is 32.2. The van der Waals surface area contributed by atoms with Crippen LogP contribution in [0.25, 0.3) is 0 Å². The normalized spacial score (nSPS) is 10.9. The summed E-state index contributed by atoms with van der Waals surface area (Å²) in [5.41, 5.74) is -1.73. The third-order valence-corrected chi connectivity index (χ3v) is 2.77. The Morgan fingerprint density at radius 1 is 1.47 bits per heavy atom. The molecule has 0 aliphatic rings. The van der Waals surface area contributed by atoms with Gasteiger partial charge >= 0.3 is 6.18 Å². The molecule has 0 radical (unpaired) electrons. The number of hydrogen-bond donors (Lipinski definition) is 0. The lowest BCUT2D eigenvalue weighted by Crippen LogP contribution is -2.08. The van der Waals surface area contributed by atoms with Crippen molar-refractivity contribution in [3.63, 3.8) is 0 Å². The maximum atomic E-state index is 12.6. The van der Waals surface area contributed by atoms with Gasteiger partial charge < -0.3 is 0 Å². The van der Waals surface area contributed by atoms with Crippen molar-refractivity contribution in [2.24, 2.45) is 0 Å². The molecule has 0 unspecified atom stereocenters. The van der Waals surface area contributed by atoms with E-state index in [1.807, 2.05) is 0 Å². The SMILES string of the molecule is N#CCSc1c([N+](=O)[O-])cccc1C(F)(F)F. The lowest BCUT2D eigenvalue weighted by Gasteiger charge is -2.11. The first kappa shape index (κ1) is 13.3. The number of nitrogens with zero attached hydrogens (tertiary/aromatic N) is 2. The van der Waals surface area contributed by atoms with Crippen LogP contribution in [0.5, 0.6) is 0 Å². The molecule has 0 spiro atoms. The van der Waals surface area contributed by atoms with E-state index in [9.17, 15) is 23.3 Å². The van der Waals surface area contributed by atoms with Crippen LogP contribution in [0.2, 0.25) is 0 Å². The van der Waals surface area contributed by atoms with Crippen LogP contribution in [0, 0.1) is 21.4 Å². The van der Waals surface area contributed by atoms with Crippen molar-refractivity contribution in [2.45, 2.75) is 11.1 Å². The molecule has 1 aromatic rings. The van der Waals surface area contributed by atoms with Gasteiger partial charge in [-0.25, -0.2) is 0 Å². The van der Waals surface area contributed by atoms with Crippen LogP contribution in [-0.4, -0.2) is 10.7 Å². The molecule has 1 aromatic carbocycles. The van der Waals surface area contributed by atoms with Crippen molar-refractivity contribution in [2.75, 3.05) is 5.75 Å². The minimum Gasteiger partial charge on any atom is -0.258 e. The van der Waals surface area contributed by atoms with Crippen LogP contribution in [0.3, 0.4) is 0 Å². The Balaban J connectivity index is 3.35. The minimum absolute atomic E-state index is 0.284. The molecule has 0 amide bonds. The predicted octanol–water partition coefficient (Wildman–Crippen LogP) is 3.23. The van der Waals surface area contributed by atoms with Gasteiger partial charge in [-0.1, -0.05) is 6.07 Å². The van der Waals surface area contributed by atoms with Gasteiger partial charge in [0.1, 0.15) is 0 Å². The van der Waals surface area contributed by atoms with Crippen molar-refractivity contribution >= 4 is 17.4 Å². The van der Waals surface area contributed by atoms with Crippen LogP contribution in [0.4, 0.5) is 18.9 Å². The predicted molar refractivity (Wildman–Crippen MR) is 54.4 cm³/mol. The van der Waals surface area contributed by atoms with Gasteiger partial charge in [-0.05, 0) is 6.07 Å². The van der Waals surface area contributed by atoms with Gasteiger partial charge in [0.05, 0.1) is 27.2 Å². The largest absolute Gasteiger partial charge is 0.417 e. The van der Waals surface area contributed by atoms with Crippen molar-refractivity contribution < 1.29 is 18.1 Å². The number of benzene rings is 1. The first-order valence-corrected chi connectivity index (χ1v) is 5.21. The van der Waals surface area contributed by atoms with E-state index in [2.05, 4.69) is 0 Å². The standard InChI is InChI=1S/C9H5F3N2O2S/c10-9(11,12)6-2-1-3-7(14(15)16)8(6)17-5-4-13/h1-3H,5H2. The van der Waals surface area contributed by atoms with E-state index in [4.69, 9.17) is 5.26 Å². The zero-order valence-electron chi connectivity index (χ0n) is 8.19. The summed E-state index contributed by atoms with van der Waals surface area (Å²) in [6.45, 7) is 0. The van der Waals surface area contributed by atoms with Gasteiger partial charge in [-0.3, -0.25) is 10.1 Å². The minimum atomic E-state index is -4.68. The summed E-state index contributed by atoms with van der Waals surface area (Å²) in [6.07, 6.45) is -4.68. The van der Waals surface area contributed by atoms with Crippen LogP contribution in [-0.2, 0) is 6.18 Å². The summed E-state index contributed by atoms with van der Waals surface area (Å²) < 4.78 is 37.8. The summed E-state index contributed by atoms with van der Waals surface area (Å²) in [5.74, 6) is -0.284. The third-order valence-electron chi connectivity index (χ3n) is 1.78. The van der Waals surface area contributed by atoms with E-state index < -0.39 is 27.2 Å². The molecule has 0 heterocycles. The molecule has 0 fully saturated rings. The van der Waals surface area contributed by atoms with E-state index in [-0.39, 0.29) is 5.75 Å². The summed E-state index contributed by atoms with van der Waals surface area (Å²) >= 11 is 0.506. The van der Waals surface area contributed by atoms with E-state index in [1.54, 1.807) is 6.07 Å². The smallest absolute Gasteiger partial charge is 0.258 e. The second-order valence-electron chi connectivity index (χ2n) is 2.86. The summed E-state index contributed by atoms with van der Waals surface area (Å²) in [5, 5.41) is 18.9. The van der Waals surface area contributed by atoms with Crippen molar-refractivity contribution in [1.29, 1.82) is 5.26 Å². The fourth-order valence-corrected chi connectivity index (χ4v) is 1.99. The molecular weight excluding hydrogens is 257 g/mol. The van der Waals surface area contributed by atoms with Gasteiger partial charge in [0.25, 0.3) is 5.69 Å². The van der Waals surface area contributed by atoms with E-state index in [1.165, 1.54) is 0 Å². The fourth-order valence-electron chi connectivity index (χ4n) is 1.15. The molecule has 1 rings (SSSR count). The Kier molecular flexibility index (Phi) is 3.96. The molecule has 0 N–H and O–H groups in total. The first-order valence-electron chi connectivity index (χ1n) is 4.22. The molecule has 0 aliphatic carbocycles. The Morgan fingerprint density at radius 2 is 2.12 bits per heavy atom. The second-order valence-corrected chi connectivity index (χ2v) is 3.84. The number of nitro benzene ring substituents is 1. The number of halogens is 3. The van der Waals surface area contributed by atoms with Crippen LogP contribution >= 0.6 is 11.8 Å². The lowest BCUT2D eigenvalue weighted by atomic mass is 10.2. The molecule has 0 aromatic heterocycles. The lowest BCUT2D eigenvalue weighted by molar-refractivity contribution is -0.388. The summed E-state index contributed by atoms with van der Waals surface area (Å²) in [4.78, 5) is 9.19. The molecular formula is C9H5F3N2O2S. The van der Waals surface area contributed by atoms with E-state index in [0.717, 1.165) is 18.2 Å². The molecule has 0 saturated carbocycles. The van der Waals surface area contributed by atoms with Crippen molar-refractivity contribution in [1.82, 2.24) is 0 Å². The fraction of sp³-hybridized carbons (Fsp3) is 0.222. The van der Waals surface area contributed by atoms with Crippen LogP contribution in [0.15, 0.2) is 23.1 Å². The monoisotopic (exact) mass is 262 g/mol. The maximum Gasteiger partial charge on any atom is 0.417 e. The molecule has 90 valence electrons. The molecule has 0 aliphatic heterocycles. The Labute approximate surface area is 98.2 Å². The molecule has 0 atom stereocenters. The highest BCUT2D eigenvalue weighted by Crippen LogP contribution is 2.41. The average Bonchev–Trinajstić information content (AvgIpc) is 2.24. The first-order chi connectivity index (χ1) is 7.88. The van der Waals surface area contributed by atoms with Crippen molar-refractivity contribution in [3.05, 3.63) is 33.9 Å². The maximum absolute atomic E-state index is 12.6. The average molecular weight is 262 g/mol. The van der Waals surface area contributed by atoms with Gasteiger partial charge in [-0.2, -0.15) is 18.4 Å². The Bertz CT molecular complexity index is 482. The number of nitriles is 1. The Morgan fingerprint density at radius 3 is 2.59 bits per heavy atom. The number of hydrogen-bond acceptors (Lipinski definition) is 4. The quantitative estimate of drug-likeness (QED) is 0.476. The van der Waals surface area contributed by atoms with Gasteiger partial charge in [0.2, 0.25) is 0 Å². The molecule has 0 bridgehead atoms.